The fourth-order valence-electron chi connectivity index (χ4n) is 3.42. The molecule has 138 valence electrons. The summed E-state index contributed by atoms with van der Waals surface area (Å²) in [4.78, 5) is 19.0. The van der Waals surface area contributed by atoms with Gasteiger partial charge in [-0.25, -0.2) is 15.0 Å². The van der Waals surface area contributed by atoms with Crippen molar-refractivity contribution in [3.05, 3.63) is 96.7 Å². The first-order valence-corrected chi connectivity index (χ1v) is 9.51. The van der Waals surface area contributed by atoms with Gasteiger partial charge < -0.3 is 0 Å². The molecule has 0 N–H and O–H groups in total. The largest absolute Gasteiger partial charge is 0.255 e. The monoisotopic (exact) mass is 374 g/mol. The van der Waals surface area contributed by atoms with E-state index in [0.29, 0.717) is 17.5 Å². The van der Waals surface area contributed by atoms with E-state index in [0.717, 1.165) is 27.6 Å². The highest BCUT2D eigenvalue weighted by Gasteiger charge is 2.15. The molecule has 4 nitrogen and oxygen atoms in total. The minimum absolute atomic E-state index is 0.626. The topological polar surface area (TPSA) is 51.6 Å². The standard InChI is InChI=1S/C25H18N4/c1-17-14-15-21(22-20(17)13-8-16-26-22)25-28-23(18-9-4-2-5-10-18)27-24(29-25)19-11-6-3-7-12-19/h2-16H,1H3. The molecular weight excluding hydrogens is 356 g/mol. The molecule has 5 aromatic rings. The van der Waals surface area contributed by atoms with E-state index in [4.69, 9.17) is 15.0 Å². The predicted octanol–water partition coefficient (Wildman–Crippen LogP) is 5.73. The molecule has 0 fully saturated rings. The van der Waals surface area contributed by atoms with Crippen LogP contribution in [0.3, 0.4) is 0 Å². The second-order valence-electron chi connectivity index (χ2n) is 6.87. The Labute approximate surface area is 169 Å². The first kappa shape index (κ1) is 17.2. The Kier molecular flexibility index (Phi) is 4.30. The van der Waals surface area contributed by atoms with Crippen molar-refractivity contribution < 1.29 is 0 Å². The van der Waals surface area contributed by atoms with E-state index in [1.54, 1.807) is 0 Å². The molecular formula is C25H18N4. The summed E-state index contributed by atoms with van der Waals surface area (Å²) in [5.41, 5.74) is 4.90. The van der Waals surface area contributed by atoms with Gasteiger partial charge in [-0.1, -0.05) is 72.8 Å². The second-order valence-corrected chi connectivity index (χ2v) is 6.87. The third kappa shape index (κ3) is 3.25. The maximum absolute atomic E-state index is 4.82. The van der Waals surface area contributed by atoms with Crippen LogP contribution in [-0.4, -0.2) is 19.9 Å². The zero-order chi connectivity index (χ0) is 19.6. The van der Waals surface area contributed by atoms with Crippen molar-refractivity contribution >= 4 is 10.9 Å². The number of pyridine rings is 1. The molecule has 0 spiro atoms. The number of benzene rings is 3. The summed E-state index contributed by atoms with van der Waals surface area (Å²) in [7, 11) is 0. The summed E-state index contributed by atoms with van der Waals surface area (Å²) in [5, 5.41) is 1.10. The van der Waals surface area contributed by atoms with Crippen LogP contribution in [0.4, 0.5) is 0 Å². The van der Waals surface area contributed by atoms with Gasteiger partial charge in [0.05, 0.1) is 5.52 Å². The molecule has 0 saturated carbocycles. The van der Waals surface area contributed by atoms with E-state index in [9.17, 15) is 0 Å². The number of hydrogen-bond donors (Lipinski definition) is 0. The van der Waals surface area contributed by atoms with Gasteiger partial charge in [-0.2, -0.15) is 0 Å². The Hall–Kier alpha value is -3.92. The molecule has 0 radical (unpaired) electrons. The lowest BCUT2D eigenvalue weighted by Gasteiger charge is -2.10. The second kappa shape index (κ2) is 7.24. The highest BCUT2D eigenvalue weighted by atomic mass is 15.0. The fraction of sp³-hybridized carbons (Fsp3) is 0.0400. The Balaban J connectivity index is 1.79. The van der Waals surface area contributed by atoms with Crippen molar-refractivity contribution in [3.63, 3.8) is 0 Å². The van der Waals surface area contributed by atoms with Crippen molar-refractivity contribution in [1.82, 2.24) is 19.9 Å². The number of aryl methyl sites for hydroxylation is 1. The molecule has 29 heavy (non-hydrogen) atoms. The van der Waals surface area contributed by atoms with E-state index in [2.05, 4.69) is 24.0 Å². The summed E-state index contributed by atoms with van der Waals surface area (Å²) in [5.74, 6) is 1.93. The molecule has 0 unspecified atom stereocenters. The Morgan fingerprint density at radius 2 is 1.14 bits per heavy atom. The van der Waals surface area contributed by atoms with E-state index in [-0.39, 0.29) is 0 Å². The molecule has 0 aliphatic heterocycles. The Morgan fingerprint density at radius 3 is 1.76 bits per heavy atom. The van der Waals surface area contributed by atoms with Gasteiger partial charge in [-0.3, -0.25) is 4.98 Å². The van der Waals surface area contributed by atoms with E-state index in [1.165, 1.54) is 5.56 Å². The minimum Gasteiger partial charge on any atom is -0.255 e. The normalized spacial score (nSPS) is 10.9. The molecule has 0 amide bonds. The fourth-order valence-corrected chi connectivity index (χ4v) is 3.42. The number of fused-ring (bicyclic) bond motifs is 1. The zero-order valence-electron chi connectivity index (χ0n) is 15.9. The molecule has 3 aromatic carbocycles. The highest BCUT2D eigenvalue weighted by molar-refractivity contribution is 5.94. The Bertz CT molecular complexity index is 1240. The zero-order valence-corrected chi connectivity index (χ0v) is 15.9. The molecule has 0 bridgehead atoms. The number of aromatic nitrogens is 4. The van der Waals surface area contributed by atoms with Crippen LogP contribution >= 0.6 is 0 Å². The lowest BCUT2D eigenvalue weighted by atomic mass is 10.0. The van der Waals surface area contributed by atoms with Crippen molar-refractivity contribution in [1.29, 1.82) is 0 Å². The van der Waals surface area contributed by atoms with Gasteiger partial charge in [0.2, 0.25) is 0 Å². The molecule has 2 aromatic heterocycles. The molecule has 0 atom stereocenters. The van der Waals surface area contributed by atoms with Crippen molar-refractivity contribution in [2.24, 2.45) is 0 Å². The Morgan fingerprint density at radius 1 is 0.552 bits per heavy atom. The maximum atomic E-state index is 4.82. The quantitative estimate of drug-likeness (QED) is 0.405. The summed E-state index contributed by atoms with van der Waals surface area (Å²) in [6.07, 6.45) is 1.81. The highest BCUT2D eigenvalue weighted by Crippen LogP contribution is 2.29. The lowest BCUT2D eigenvalue weighted by molar-refractivity contribution is 1.07. The molecule has 4 heteroatoms. The first-order chi connectivity index (χ1) is 14.3. The van der Waals surface area contributed by atoms with Crippen LogP contribution in [0, 0.1) is 6.92 Å². The third-order valence-corrected chi connectivity index (χ3v) is 4.93. The van der Waals surface area contributed by atoms with Crippen LogP contribution in [0.15, 0.2) is 91.1 Å². The summed E-state index contributed by atoms with van der Waals surface area (Å²) in [6.45, 7) is 2.09. The van der Waals surface area contributed by atoms with Gasteiger partial charge in [0.15, 0.2) is 17.5 Å². The third-order valence-electron chi connectivity index (χ3n) is 4.93. The van der Waals surface area contributed by atoms with Gasteiger partial charge in [-0.15, -0.1) is 0 Å². The molecule has 0 aliphatic rings. The van der Waals surface area contributed by atoms with Gasteiger partial charge in [-0.05, 0) is 24.6 Å². The summed E-state index contributed by atoms with van der Waals surface area (Å²) >= 11 is 0. The maximum Gasteiger partial charge on any atom is 0.166 e. The molecule has 0 saturated heterocycles. The van der Waals surface area contributed by atoms with Gasteiger partial charge in [0, 0.05) is 28.3 Å². The van der Waals surface area contributed by atoms with Crippen molar-refractivity contribution in [3.8, 4) is 34.2 Å². The van der Waals surface area contributed by atoms with Crippen LogP contribution in [-0.2, 0) is 0 Å². The summed E-state index contributed by atoms with van der Waals surface area (Å²) in [6, 6.07) is 28.2. The predicted molar refractivity (Wildman–Crippen MR) is 116 cm³/mol. The summed E-state index contributed by atoms with van der Waals surface area (Å²) < 4.78 is 0. The van der Waals surface area contributed by atoms with Crippen LogP contribution in [0.2, 0.25) is 0 Å². The smallest absolute Gasteiger partial charge is 0.166 e. The van der Waals surface area contributed by atoms with Crippen LogP contribution in [0.1, 0.15) is 5.56 Å². The number of nitrogens with zero attached hydrogens (tertiary/aromatic N) is 4. The van der Waals surface area contributed by atoms with Crippen molar-refractivity contribution in [2.75, 3.05) is 0 Å². The lowest BCUT2D eigenvalue weighted by Crippen LogP contribution is -2.01. The van der Waals surface area contributed by atoms with E-state index in [1.807, 2.05) is 79.0 Å². The number of hydrogen-bond acceptors (Lipinski definition) is 4. The van der Waals surface area contributed by atoms with Crippen LogP contribution in [0.5, 0.6) is 0 Å². The SMILES string of the molecule is Cc1ccc(-c2nc(-c3ccccc3)nc(-c3ccccc3)n2)c2ncccc12. The minimum atomic E-state index is 0.626. The average molecular weight is 374 g/mol. The van der Waals surface area contributed by atoms with Gasteiger partial charge in [0.25, 0.3) is 0 Å². The molecule has 5 rings (SSSR count). The van der Waals surface area contributed by atoms with Crippen molar-refractivity contribution in [2.45, 2.75) is 6.92 Å². The van der Waals surface area contributed by atoms with Crippen LogP contribution in [0.25, 0.3) is 45.1 Å². The number of rotatable bonds is 3. The van der Waals surface area contributed by atoms with E-state index < -0.39 is 0 Å². The van der Waals surface area contributed by atoms with Gasteiger partial charge in [0.1, 0.15) is 0 Å². The van der Waals surface area contributed by atoms with E-state index >= 15 is 0 Å². The van der Waals surface area contributed by atoms with Crippen LogP contribution < -0.4 is 0 Å². The first-order valence-electron chi connectivity index (χ1n) is 9.51. The molecule has 0 aliphatic carbocycles. The molecule has 2 heterocycles. The van der Waals surface area contributed by atoms with Gasteiger partial charge >= 0.3 is 0 Å². The average Bonchev–Trinajstić information content (AvgIpc) is 2.80.